The highest BCUT2D eigenvalue weighted by Crippen LogP contribution is 2.39. The fourth-order valence-corrected chi connectivity index (χ4v) is 3.22. The summed E-state index contributed by atoms with van der Waals surface area (Å²) < 4.78 is 5.53. The third kappa shape index (κ3) is 3.46. The Balaban J connectivity index is 1.90. The van der Waals surface area contributed by atoms with Gasteiger partial charge in [0.05, 0.1) is 18.1 Å². The summed E-state index contributed by atoms with van der Waals surface area (Å²) in [5, 5.41) is 12.2. The molecule has 2 N–H and O–H groups in total. The van der Waals surface area contributed by atoms with E-state index < -0.39 is 23.9 Å². The zero-order chi connectivity index (χ0) is 15.4. The summed E-state index contributed by atoms with van der Waals surface area (Å²) in [7, 11) is 0. The number of nitrogens with one attached hydrogen (secondary N) is 1. The molecule has 1 fully saturated rings. The predicted octanol–water partition coefficient (Wildman–Crippen LogP) is 1.97. The standard InChI is InChI=1S/C16H25NO4/c1-3-5-6-10(4-2)9-17-15(18)13-11-7-8-12(21-11)14(13)16(19)20/h7-8,10-14H,3-6,9H2,1-2H3,(H,17,18)(H,19,20)/t10-,11+,12+,13+,14-/m0/s1. The van der Waals surface area contributed by atoms with Gasteiger partial charge in [-0.3, -0.25) is 9.59 Å². The molecule has 0 radical (unpaired) electrons. The maximum absolute atomic E-state index is 12.4. The summed E-state index contributed by atoms with van der Waals surface area (Å²) in [5.74, 6) is -2.02. The molecule has 5 heteroatoms. The lowest BCUT2D eigenvalue weighted by Crippen LogP contribution is -2.43. The highest BCUT2D eigenvalue weighted by Gasteiger charge is 2.53. The number of fused-ring (bicyclic) bond motifs is 2. The number of unbranched alkanes of at least 4 members (excludes halogenated alkanes) is 1. The number of carboxylic acid groups (broad SMARTS) is 1. The number of rotatable bonds is 8. The van der Waals surface area contributed by atoms with Gasteiger partial charge in [-0.1, -0.05) is 45.3 Å². The minimum Gasteiger partial charge on any atom is -0.481 e. The average Bonchev–Trinajstić information content (AvgIpc) is 3.07. The molecule has 21 heavy (non-hydrogen) atoms. The van der Waals surface area contributed by atoms with Crippen molar-refractivity contribution in [1.29, 1.82) is 0 Å². The summed E-state index contributed by atoms with van der Waals surface area (Å²) in [6.45, 7) is 4.90. The lowest BCUT2D eigenvalue weighted by molar-refractivity contribution is -0.146. The van der Waals surface area contributed by atoms with Gasteiger partial charge < -0.3 is 15.2 Å². The first kappa shape index (κ1) is 16.0. The Morgan fingerprint density at radius 2 is 1.90 bits per heavy atom. The first-order valence-corrected chi connectivity index (χ1v) is 7.92. The van der Waals surface area contributed by atoms with Crippen molar-refractivity contribution in [1.82, 2.24) is 5.32 Å². The van der Waals surface area contributed by atoms with Crippen LogP contribution in [-0.4, -0.2) is 35.7 Å². The Labute approximate surface area is 125 Å². The van der Waals surface area contributed by atoms with E-state index in [0.29, 0.717) is 12.5 Å². The number of amides is 1. The number of hydrogen-bond acceptors (Lipinski definition) is 3. The van der Waals surface area contributed by atoms with Crippen molar-refractivity contribution in [2.75, 3.05) is 6.54 Å². The molecule has 1 saturated heterocycles. The third-order valence-corrected chi connectivity index (χ3v) is 4.60. The van der Waals surface area contributed by atoms with Crippen LogP contribution in [0.15, 0.2) is 12.2 Å². The van der Waals surface area contributed by atoms with E-state index in [9.17, 15) is 14.7 Å². The van der Waals surface area contributed by atoms with Gasteiger partial charge in [-0.05, 0) is 12.3 Å². The Morgan fingerprint density at radius 3 is 2.48 bits per heavy atom. The van der Waals surface area contributed by atoms with Crippen LogP contribution in [-0.2, 0) is 14.3 Å². The Hall–Kier alpha value is -1.36. The number of aliphatic carboxylic acids is 1. The Morgan fingerprint density at radius 1 is 1.24 bits per heavy atom. The maximum Gasteiger partial charge on any atom is 0.310 e. The van der Waals surface area contributed by atoms with Crippen LogP contribution in [0.3, 0.4) is 0 Å². The van der Waals surface area contributed by atoms with E-state index in [4.69, 9.17) is 4.74 Å². The van der Waals surface area contributed by atoms with Gasteiger partial charge in [0.1, 0.15) is 5.92 Å². The zero-order valence-electron chi connectivity index (χ0n) is 12.7. The molecule has 2 rings (SSSR count). The SMILES string of the molecule is CCCC[C@H](CC)CNC(=O)[C@H]1[C@@H](C(=O)O)[C@H]2C=C[C@H]1O2. The molecular formula is C16H25NO4. The number of carbonyl (C=O) groups is 2. The second-order valence-electron chi connectivity index (χ2n) is 6.00. The van der Waals surface area contributed by atoms with Crippen LogP contribution in [0.4, 0.5) is 0 Å². The van der Waals surface area contributed by atoms with Crippen molar-refractivity contribution in [3.63, 3.8) is 0 Å². The molecule has 0 aliphatic carbocycles. The lowest BCUT2D eigenvalue weighted by atomic mass is 9.82. The second-order valence-corrected chi connectivity index (χ2v) is 6.00. The van der Waals surface area contributed by atoms with Crippen LogP contribution in [0.2, 0.25) is 0 Å². The molecule has 0 saturated carbocycles. The number of carbonyl (C=O) groups excluding carboxylic acids is 1. The predicted molar refractivity (Wildman–Crippen MR) is 78.7 cm³/mol. The normalized spacial score (nSPS) is 31.3. The van der Waals surface area contributed by atoms with Crippen molar-refractivity contribution in [3.8, 4) is 0 Å². The Bertz CT molecular complexity index is 421. The van der Waals surface area contributed by atoms with Crippen LogP contribution in [0.5, 0.6) is 0 Å². The van der Waals surface area contributed by atoms with Crippen molar-refractivity contribution in [2.45, 2.75) is 51.7 Å². The van der Waals surface area contributed by atoms with Crippen molar-refractivity contribution >= 4 is 11.9 Å². The topological polar surface area (TPSA) is 75.6 Å². The van der Waals surface area contributed by atoms with Crippen LogP contribution in [0, 0.1) is 17.8 Å². The van der Waals surface area contributed by atoms with Crippen LogP contribution >= 0.6 is 0 Å². The van der Waals surface area contributed by atoms with E-state index in [1.807, 2.05) is 6.08 Å². The molecule has 2 bridgehead atoms. The van der Waals surface area contributed by atoms with Crippen LogP contribution in [0.1, 0.15) is 39.5 Å². The van der Waals surface area contributed by atoms with Crippen molar-refractivity contribution < 1.29 is 19.4 Å². The van der Waals surface area contributed by atoms with E-state index in [-0.39, 0.29) is 12.0 Å². The summed E-state index contributed by atoms with van der Waals surface area (Å²) in [6.07, 6.45) is 7.16. The molecule has 118 valence electrons. The van der Waals surface area contributed by atoms with Crippen LogP contribution < -0.4 is 5.32 Å². The number of ether oxygens (including phenoxy) is 1. The highest BCUT2D eigenvalue weighted by molar-refractivity contribution is 5.87. The minimum atomic E-state index is -0.954. The quantitative estimate of drug-likeness (QED) is 0.671. The first-order valence-electron chi connectivity index (χ1n) is 7.92. The third-order valence-electron chi connectivity index (χ3n) is 4.60. The van der Waals surface area contributed by atoms with Crippen LogP contribution in [0.25, 0.3) is 0 Å². The monoisotopic (exact) mass is 295 g/mol. The molecule has 0 unspecified atom stereocenters. The van der Waals surface area contributed by atoms with E-state index in [2.05, 4.69) is 19.2 Å². The fraction of sp³-hybridized carbons (Fsp3) is 0.750. The molecular weight excluding hydrogens is 270 g/mol. The first-order chi connectivity index (χ1) is 10.1. The van der Waals surface area contributed by atoms with Gasteiger partial charge in [0.2, 0.25) is 5.91 Å². The molecule has 0 aromatic heterocycles. The molecule has 0 aromatic rings. The summed E-state index contributed by atoms with van der Waals surface area (Å²) in [6, 6.07) is 0. The molecule has 2 aliphatic heterocycles. The molecule has 2 aliphatic rings. The van der Waals surface area contributed by atoms with Crippen molar-refractivity contribution in [2.24, 2.45) is 17.8 Å². The largest absolute Gasteiger partial charge is 0.481 e. The second kappa shape index (κ2) is 7.07. The smallest absolute Gasteiger partial charge is 0.310 e. The molecule has 5 atom stereocenters. The van der Waals surface area contributed by atoms with Crippen molar-refractivity contribution in [3.05, 3.63) is 12.2 Å². The number of hydrogen-bond donors (Lipinski definition) is 2. The van der Waals surface area contributed by atoms with E-state index >= 15 is 0 Å². The number of carboxylic acids is 1. The van der Waals surface area contributed by atoms with Gasteiger partial charge in [0.15, 0.2) is 0 Å². The molecule has 2 heterocycles. The van der Waals surface area contributed by atoms with Gasteiger partial charge in [-0.2, -0.15) is 0 Å². The maximum atomic E-state index is 12.4. The molecule has 0 aromatic carbocycles. The zero-order valence-corrected chi connectivity index (χ0v) is 12.7. The van der Waals surface area contributed by atoms with E-state index in [1.54, 1.807) is 6.08 Å². The summed E-state index contributed by atoms with van der Waals surface area (Å²) >= 11 is 0. The molecule has 0 spiro atoms. The molecule has 5 nitrogen and oxygen atoms in total. The summed E-state index contributed by atoms with van der Waals surface area (Å²) in [4.78, 5) is 23.7. The fourth-order valence-electron chi connectivity index (χ4n) is 3.22. The summed E-state index contributed by atoms with van der Waals surface area (Å²) in [5.41, 5.74) is 0. The van der Waals surface area contributed by atoms with Gasteiger partial charge in [-0.15, -0.1) is 0 Å². The minimum absolute atomic E-state index is 0.186. The highest BCUT2D eigenvalue weighted by atomic mass is 16.5. The van der Waals surface area contributed by atoms with Gasteiger partial charge >= 0.3 is 5.97 Å². The van der Waals surface area contributed by atoms with Gasteiger partial charge in [0, 0.05) is 6.54 Å². The average molecular weight is 295 g/mol. The molecule has 1 amide bonds. The van der Waals surface area contributed by atoms with E-state index in [0.717, 1.165) is 25.7 Å². The Kier molecular flexibility index (Phi) is 5.39. The van der Waals surface area contributed by atoms with Gasteiger partial charge in [-0.25, -0.2) is 0 Å². The van der Waals surface area contributed by atoms with Gasteiger partial charge in [0.25, 0.3) is 0 Å². The lowest BCUT2D eigenvalue weighted by Gasteiger charge is -2.22. The van der Waals surface area contributed by atoms with E-state index in [1.165, 1.54) is 0 Å².